The third-order valence-corrected chi connectivity index (χ3v) is 3.94. The van der Waals surface area contributed by atoms with Crippen molar-refractivity contribution in [2.24, 2.45) is 11.7 Å². The van der Waals surface area contributed by atoms with Crippen LogP contribution in [-0.2, 0) is 0 Å². The highest BCUT2D eigenvalue weighted by molar-refractivity contribution is 5.58. The first-order valence-electron chi connectivity index (χ1n) is 6.97. The molecule has 3 rings (SSSR count). The largest absolute Gasteiger partial charge is 0.366 e. The first kappa shape index (κ1) is 12.0. The van der Waals surface area contributed by atoms with Crippen LogP contribution in [0.15, 0.2) is 18.2 Å². The smallest absolute Gasteiger partial charge is 0.146 e. The Morgan fingerprint density at radius 1 is 1.33 bits per heavy atom. The highest BCUT2D eigenvalue weighted by Crippen LogP contribution is 2.40. The standard InChI is InChI=1S/C15H21FN2/c1-10(17)13-3-2-4-14(16)15(13)18(12-7-8-12)9-11-5-6-11/h2-4,10-12H,5-9,17H2,1H3/t10-/m1/s1. The summed E-state index contributed by atoms with van der Waals surface area (Å²) in [6.45, 7) is 2.94. The zero-order valence-corrected chi connectivity index (χ0v) is 10.9. The number of anilines is 1. The molecule has 0 bridgehead atoms. The van der Waals surface area contributed by atoms with Gasteiger partial charge in [-0.3, -0.25) is 0 Å². The molecule has 0 amide bonds. The van der Waals surface area contributed by atoms with E-state index in [0.29, 0.717) is 6.04 Å². The van der Waals surface area contributed by atoms with Crippen molar-refractivity contribution in [2.45, 2.75) is 44.7 Å². The van der Waals surface area contributed by atoms with E-state index in [1.165, 1.54) is 25.7 Å². The summed E-state index contributed by atoms with van der Waals surface area (Å²) in [6, 6.07) is 5.71. The molecule has 1 aromatic carbocycles. The van der Waals surface area contributed by atoms with E-state index in [2.05, 4.69) is 4.90 Å². The summed E-state index contributed by atoms with van der Waals surface area (Å²) < 4.78 is 14.2. The Hall–Kier alpha value is -1.09. The molecule has 2 nitrogen and oxygen atoms in total. The maximum atomic E-state index is 14.2. The van der Waals surface area contributed by atoms with E-state index in [4.69, 9.17) is 5.73 Å². The van der Waals surface area contributed by atoms with E-state index in [0.717, 1.165) is 23.7 Å². The lowest BCUT2D eigenvalue weighted by Crippen LogP contribution is -2.30. The van der Waals surface area contributed by atoms with Gasteiger partial charge in [0, 0.05) is 18.6 Å². The molecular weight excluding hydrogens is 227 g/mol. The topological polar surface area (TPSA) is 29.3 Å². The molecule has 2 fully saturated rings. The van der Waals surface area contributed by atoms with Crippen LogP contribution in [0.5, 0.6) is 0 Å². The van der Waals surface area contributed by atoms with Crippen LogP contribution < -0.4 is 10.6 Å². The maximum absolute atomic E-state index is 14.2. The first-order chi connectivity index (χ1) is 8.66. The van der Waals surface area contributed by atoms with Gasteiger partial charge >= 0.3 is 0 Å². The Kier molecular flexibility index (Phi) is 3.02. The van der Waals surface area contributed by atoms with Gasteiger partial charge in [0.2, 0.25) is 0 Å². The lowest BCUT2D eigenvalue weighted by Gasteiger charge is -2.28. The molecule has 1 aromatic rings. The zero-order valence-electron chi connectivity index (χ0n) is 10.9. The Morgan fingerprint density at radius 3 is 2.61 bits per heavy atom. The normalized spacial score (nSPS) is 20.8. The molecule has 0 spiro atoms. The number of halogens is 1. The summed E-state index contributed by atoms with van der Waals surface area (Å²) in [6.07, 6.45) is 4.98. The molecule has 18 heavy (non-hydrogen) atoms. The van der Waals surface area contributed by atoms with Crippen LogP contribution in [0.3, 0.4) is 0 Å². The van der Waals surface area contributed by atoms with Gasteiger partial charge in [-0.2, -0.15) is 0 Å². The summed E-state index contributed by atoms with van der Waals surface area (Å²) in [5, 5.41) is 0. The van der Waals surface area contributed by atoms with Crippen molar-refractivity contribution in [3.05, 3.63) is 29.6 Å². The lowest BCUT2D eigenvalue weighted by molar-refractivity contribution is 0.602. The quantitative estimate of drug-likeness (QED) is 0.867. The Labute approximate surface area is 108 Å². The molecule has 3 heteroatoms. The average Bonchev–Trinajstić information content (AvgIpc) is 3.19. The van der Waals surface area contributed by atoms with Gasteiger partial charge in [-0.05, 0) is 50.2 Å². The van der Waals surface area contributed by atoms with E-state index in [1.54, 1.807) is 12.1 Å². The summed E-state index contributed by atoms with van der Waals surface area (Å²) in [5.74, 6) is 0.656. The zero-order chi connectivity index (χ0) is 12.7. The van der Waals surface area contributed by atoms with Crippen molar-refractivity contribution in [3.63, 3.8) is 0 Å². The van der Waals surface area contributed by atoms with Crippen LogP contribution in [0.1, 0.15) is 44.2 Å². The third kappa shape index (κ3) is 2.37. The fourth-order valence-electron chi connectivity index (χ4n) is 2.59. The molecule has 2 N–H and O–H groups in total. The summed E-state index contributed by atoms with van der Waals surface area (Å²) in [4.78, 5) is 2.28. The van der Waals surface area contributed by atoms with E-state index >= 15 is 0 Å². The predicted molar refractivity (Wildman–Crippen MR) is 72.1 cm³/mol. The Bertz CT molecular complexity index is 436. The van der Waals surface area contributed by atoms with Gasteiger partial charge in [0.25, 0.3) is 0 Å². The highest BCUT2D eigenvalue weighted by atomic mass is 19.1. The van der Waals surface area contributed by atoms with Gasteiger partial charge in [-0.25, -0.2) is 4.39 Å². The summed E-state index contributed by atoms with van der Waals surface area (Å²) >= 11 is 0. The van der Waals surface area contributed by atoms with E-state index in [9.17, 15) is 4.39 Å². The second-order valence-corrected chi connectivity index (χ2v) is 5.79. The van der Waals surface area contributed by atoms with Crippen molar-refractivity contribution in [3.8, 4) is 0 Å². The van der Waals surface area contributed by atoms with Crippen molar-refractivity contribution in [1.82, 2.24) is 0 Å². The third-order valence-electron chi connectivity index (χ3n) is 3.94. The van der Waals surface area contributed by atoms with Crippen LogP contribution in [0.4, 0.5) is 10.1 Å². The molecule has 0 saturated heterocycles. The lowest BCUT2D eigenvalue weighted by atomic mass is 10.0. The second kappa shape index (κ2) is 4.54. The molecule has 2 aliphatic rings. The first-order valence-corrected chi connectivity index (χ1v) is 6.97. The fraction of sp³-hybridized carbons (Fsp3) is 0.600. The van der Waals surface area contributed by atoms with Crippen LogP contribution in [-0.4, -0.2) is 12.6 Å². The van der Waals surface area contributed by atoms with Gasteiger partial charge in [0.15, 0.2) is 0 Å². The number of hydrogen-bond acceptors (Lipinski definition) is 2. The average molecular weight is 248 g/mol. The van der Waals surface area contributed by atoms with Gasteiger partial charge < -0.3 is 10.6 Å². The van der Waals surface area contributed by atoms with Crippen molar-refractivity contribution in [2.75, 3.05) is 11.4 Å². The SMILES string of the molecule is C[C@@H](N)c1cccc(F)c1N(CC1CC1)C1CC1. The molecule has 0 heterocycles. The molecular formula is C15H21FN2. The van der Waals surface area contributed by atoms with Crippen LogP contribution in [0, 0.1) is 11.7 Å². The number of rotatable bonds is 5. The summed E-state index contributed by atoms with van der Waals surface area (Å²) in [7, 11) is 0. The van der Waals surface area contributed by atoms with Crippen LogP contribution in [0.25, 0.3) is 0 Å². The minimum absolute atomic E-state index is 0.114. The van der Waals surface area contributed by atoms with Crippen LogP contribution >= 0.6 is 0 Å². The van der Waals surface area contributed by atoms with Crippen molar-refractivity contribution in [1.29, 1.82) is 0 Å². The predicted octanol–water partition coefficient (Wildman–Crippen LogP) is 3.22. The Balaban J connectivity index is 1.95. The van der Waals surface area contributed by atoms with E-state index in [1.807, 2.05) is 13.0 Å². The number of nitrogens with zero attached hydrogens (tertiary/aromatic N) is 1. The number of hydrogen-bond donors (Lipinski definition) is 1. The molecule has 98 valence electrons. The molecule has 1 atom stereocenters. The molecule has 0 aliphatic heterocycles. The van der Waals surface area contributed by atoms with E-state index < -0.39 is 0 Å². The minimum atomic E-state index is -0.115. The van der Waals surface area contributed by atoms with Crippen molar-refractivity contribution >= 4 is 5.69 Å². The van der Waals surface area contributed by atoms with Gasteiger partial charge in [-0.15, -0.1) is 0 Å². The maximum Gasteiger partial charge on any atom is 0.146 e. The monoisotopic (exact) mass is 248 g/mol. The van der Waals surface area contributed by atoms with Gasteiger partial charge in [0.1, 0.15) is 5.82 Å². The highest BCUT2D eigenvalue weighted by Gasteiger charge is 2.36. The Morgan fingerprint density at radius 2 is 2.06 bits per heavy atom. The minimum Gasteiger partial charge on any atom is -0.366 e. The molecule has 0 unspecified atom stereocenters. The second-order valence-electron chi connectivity index (χ2n) is 5.79. The molecule has 0 aromatic heterocycles. The molecule has 2 saturated carbocycles. The van der Waals surface area contributed by atoms with Gasteiger partial charge in [-0.1, -0.05) is 12.1 Å². The fourth-order valence-corrected chi connectivity index (χ4v) is 2.59. The molecule has 2 aliphatic carbocycles. The summed E-state index contributed by atoms with van der Waals surface area (Å²) in [5.41, 5.74) is 7.71. The number of benzene rings is 1. The molecule has 0 radical (unpaired) electrons. The number of para-hydroxylation sites is 1. The van der Waals surface area contributed by atoms with E-state index in [-0.39, 0.29) is 11.9 Å². The van der Waals surface area contributed by atoms with Gasteiger partial charge in [0.05, 0.1) is 5.69 Å². The van der Waals surface area contributed by atoms with Crippen LogP contribution in [0.2, 0.25) is 0 Å². The van der Waals surface area contributed by atoms with Crippen molar-refractivity contribution < 1.29 is 4.39 Å². The number of nitrogens with two attached hydrogens (primary N) is 1.